The first kappa shape index (κ1) is 19.8. The van der Waals surface area contributed by atoms with E-state index in [4.69, 9.17) is 32.7 Å². The average Bonchev–Trinajstić information content (AvgIpc) is 2.76. The first-order valence-electron chi connectivity index (χ1n) is 6.79. The molecule has 2 rings (SSSR count). The van der Waals surface area contributed by atoms with Gasteiger partial charge in [0, 0.05) is 6.54 Å². The van der Waals surface area contributed by atoms with Crippen molar-refractivity contribution in [1.29, 1.82) is 0 Å². The minimum atomic E-state index is -3.77. The summed E-state index contributed by atoms with van der Waals surface area (Å²) in [6.07, 6.45) is 4.09. The lowest BCUT2D eigenvalue weighted by Gasteiger charge is -2.12. The first-order chi connectivity index (χ1) is 11.7. The van der Waals surface area contributed by atoms with E-state index in [1.807, 2.05) is 0 Å². The van der Waals surface area contributed by atoms with Gasteiger partial charge < -0.3 is 8.92 Å². The van der Waals surface area contributed by atoms with Gasteiger partial charge in [0.1, 0.15) is 4.32 Å². The van der Waals surface area contributed by atoms with Crippen molar-refractivity contribution in [2.45, 2.75) is 0 Å². The Morgan fingerprint density at radius 2 is 2.12 bits per heavy atom. The maximum absolute atomic E-state index is 12.3. The lowest BCUT2D eigenvalue weighted by Crippen LogP contribution is -2.27. The lowest BCUT2D eigenvalue weighted by molar-refractivity contribution is -0.121. The number of hydrogen-bond donors (Lipinski definition) is 0. The van der Waals surface area contributed by atoms with Crippen molar-refractivity contribution in [1.82, 2.24) is 4.90 Å². The van der Waals surface area contributed by atoms with Crippen LogP contribution in [0.3, 0.4) is 0 Å². The molecule has 0 aromatic heterocycles. The number of thiocarbonyl (C=S) groups is 1. The molecule has 1 aliphatic heterocycles. The SMILES string of the molecule is C=CCN1C(=O)C(=Cc2cc(Cl)c(OS(C)(=O)=O)c(OC)c2)SC1=S. The highest BCUT2D eigenvalue weighted by atomic mass is 35.5. The van der Waals surface area contributed by atoms with E-state index in [1.165, 1.54) is 24.1 Å². The highest BCUT2D eigenvalue weighted by Gasteiger charge is 2.31. The number of benzene rings is 1. The molecular formula is C15H14ClNO5S3. The van der Waals surface area contributed by atoms with Crippen molar-refractivity contribution in [3.8, 4) is 11.5 Å². The van der Waals surface area contributed by atoms with Gasteiger partial charge in [0.05, 0.1) is 23.3 Å². The minimum Gasteiger partial charge on any atom is -0.493 e. The molecule has 1 amide bonds. The molecule has 0 spiro atoms. The van der Waals surface area contributed by atoms with Gasteiger partial charge in [-0.2, -0.15) is 8.42 Å². The number of carbonyl (C=O) groups is 1. The third kappa shape index (κ3) is 4.75. The molecule has 25 heavy (non-hydrogen) atoms. The molecule has 1 heterocycles. The van der Waals surface area contributed by atoms with Crippen LogP contribution >= 0.6 is 35.6 Å². The van der Waals surface area contributed by atoms with Gasteiger partial charge in [-0.15, -0.1) is 6.58 Å². The normalized spacial score (nSPS) is 16.4. The van der Waals surface area contributed by atoms with Crippen LogP contribution in [0.25, 0.3) is 6.08 Å². The van der Waals surface area contributed by atoms with Gasteiger partial charge in [-0.1, -0.05) is 41.7 Å². The van der Waals surface area contributed by atoms with E-state index in [1.54, 1.807) is 12.2 Å². The topological polar surface area (TPSA) is 72.9 Å². The molecule has 0 atom stereocenters. The highest BCUT2D eigenvalue weighted by molar-refractivity contribution is 8.26. The summed E-state index contributed by atoms with van der Waals surface area (Å²) >= 11 is 12.4. The number of hydrogen-bond acceptors (Lipinski definition) is 7. The third-order valence-electron chi connectivity index (χ3n) is 2.97. The van der Waals surface area contributed by atoms with E-state index >= 15 is 0 Å². The molecule has 0 radical (unpaired) electrons. The summed E-state index contributed by atoms with van der Waals surface area (Å²) in [4.78, 5) is 14.2. The summed E-state index contributed by atoms with van der Waals surface area (Å²) < 4.78 is 33.1. The Labute approximate surface area is 160 Å². The van der Waals surface area contributed by atoms with E-state index < -0.39 is 10.1 Å². The van der Waals surface area contributed by atoms with Crippen molar-refractivity contribution in [2.75, 3.05) is 19.9 Å². The van der Waals surface area contributed by atoms with Gasteiger partial charge >= 0.3 is 10.1 Å². The van der Waals surface area contributed by atoms with E-state index in [-0.39, 0.29) is 22.4 Å². The Balaban J connectivity index is 2.41. The van der Waals surface area contributed by atoms with Crippen molar-refractivity contribution in [2.24, 2.45) is 0 Å². The Morgan fingerprint density at radius 1 is 1.44 bits per heavy atom. The van der Waals surface area contributed by atoms with Crippen LogP contribution in [0.2, 0.25) is 5.02 Å². The van der Waals surface area contributed by atoms with Crippen molar-refractivity contribution in [3.05, 3.63) is 40.3 Å². The fourth-order valence-corrected chi connectivity index (χ4v) is 4.05. The third-order valence-corrected chi connectivity index (χ3v) is 5.10. The van der Waals surface area contributed by atoms with Gasteiger partial charge in [-0.25, -0.2) is 0 Å². The maximum Gasteiger partial charge on any atom is 0.306 e. The molecule has 6 nitrogen and oxygen atoms in total. The summed E-state index contributed by atoms with van der Waals surface area (Å²) in [7, 11) is -2.41. The average molecular weight is 420 g/mol. The van der Waals surface area contributed by atoms with Crippen LogP contribution in [0.15, 0.2) is 29.7 Å². The molecular weight excluding hydrogens is 406 g/mol. The van der Waals surface area contributed by atoms with Crippen molar-refractivity contribution < 1.29 is 22.1 Å². The quantitative estimate of drug-likeness (QED) is 0.303. The summed E-state index contributed by atoms with van der Waals surface area (Å²) in [6.45, 7) is 3.92. The van der Waals surface area contributed by atoms with E-state index in [2.05, 4.69) is 6.58 Å². The number of nitrogens with zero attached hydrogens (tertiary/aromatic N) is 1. The molecule has 0 aliphatic carbocycles. The smallest absolute Gasteiger partial charge is 0.306 e. The molecule has 1 aromatic carbocycles. The second-order valence-corrected chi connectivity index (χ2v) is 8.56. The number of thioether (sulfide) groups is 1. The van der Waals surface area contributed by atoms with Crippen molar-refractivity contribution >= 4 is 62.0 Å². The van der Waals surface area contributed by atoms with Crippen LogP contribution in [0, 0.1) is 0 Å². The zero-order valence-corrected chi connectivity index (χ0v) is 16.5. The molecule has 0 bridgehead atoms. The molecule has 1 saturated heterocycles. The molecule has 134 valence electrons. The van der Waals surface area contributed by atoms with Crippen LogP contribution in [0.4, 0.5) is 0 Å². The summed E-state index contributed by atoms with van der Waals surface area (Å²) in [6, 6.07) is 3.00. The van der Waals surface area contributed by atoms with Crippen LogP contribution < -0.4 is 8.92 Å². The Hall–Kier alpha value is -1.55. The highest BCUT2D eigenvalue weighted by Crippen LogP contribution is 2.39. The first-order valence-corrected chi connectivity index (χ1v) is 10.2. The largest absolute Gasteiger partial charge is 0.493 e. The summed E-state index contributed by atoms with van der Waals surface area (Å²) in [5.41, 5.74) is 0.543. The van der Waals surface area contributed by atoms with Crippen LogP contribution in [0.5, 0.6) is 11.5 Å². The second kappa shape index (κ2) is 7.77. The van der Waals surface area contributed by atoms with E-state index in [9.17, 15) is 13.2 Å². The molecule has 10 heteroatoms. The van der Waals surface area contributed by atoms with E-state index in [0.717, 1.165) is 18.0 Å². The standard InChI is InChI=1S/C15H14ClNO5S3/c1-4-5-17-14(18)12(24-15(17)23)8-9-6-10(16)13(11(7-9)21-2)22-25(3,19)20/h4,6-8H,1,5H2,2-3H3. The Kier molecular flexibility index (Phi) is 6.15. The Bertz CT molecular complexity index is 879. The van der Waals surface area contributed by atoms with Crippen LogP contribution in [0.1, 0.15) is 5.56 Å². The summed E-state index contributed by atoms with van der Waals surface area (Å²) in [5, 5.41) is 0.0394. The number of carbonyl (C=O) groups excluding carboxylic acids is 1. The fraction of sp³-hybridized carbons (Fsp3) is 0.200. The van der Waals surface area contributed by atoms with E-state index in [0.29, 0.717) is 21.3 Å². The predicted molar refractivity (Wildman–Crippen MR) is 104 cm³/mol. The minimum absolute atomic E-state index is 0.0394. The molecule has 1 aliphatic rings. The molecule has 1 fully saturated rings. The van der Waals surface area contributed by atoms with Crippen LogP contribution in [-0.4, -0.2) is 43.5 Å². The molecule has 0 saturated carbocycles. The zero-order valence-electron chi connectivity index (χ0n) is 13.3. The van der Waals surface area contributed by atoms with Crippen LogP contribution in [-0.2, 0) is 14.9 Å². The van der Waals surface area contributed by atoms with Gasteiger partial charge in [0.25, 0.3) is 5.91 Å². The van der Waals surface area contributed by atoms with Gasteiger partial charge in [0.2, 0.25) is 5.75 Å². The number of rotatable bonds is 6. The van der Waals surface area contributed by atoms with Crippen molar-refractivity contribution in [3.63, 3.8) is 0 Å². The molecule has 1 aromatic rings. The maximum atomic E-state index is 12.3. The number of methoxy groups -OCH3 is 1. The van der Waals surface area contributed by atoms with Gasteiger partial charge in [-0.05, 0) is 23.8 Å². The Morgan fingerprint density at radius 3 is 2.68 bits per heavy atom. The molecule has 0 N–H and O–H groups in total. The fourth-order valence-electron chi connectivity index (χ4n) is 1.99. The van der Waals surface area contributed by atoms with Gasteiger partial charge in [-0.3, -0.25) is 9.69 Å². The summed E-state index contributed by atoms with van der Waals surface area (Å²) in [5.74, 6) is -0.213. The second-order valence-electron chi connectivity index (χ2n) is 4.90. The monoisotopic (exact) mass is 419 g/mol. The number of amides is 1. The molecule has 0 unspecified atom stereocenters. The van der Waals surface area contributed by atoms with Gasteiger partial charge in [0.15, 0.2) is 5.75 Å². The number of halogens is 1. The number of ether oxygens (including phenoxy) is 1. The lowest BCUT2D eigenvalue weighted by atomic mass is 10.2. The predicted octanol–water partition coefficient (Wildman–Crippen LogP) is 3.07. The zero-order chi connectivity index (χ0) is 18.8.